The van der Waals surface area contributed by atoms with Crippen LogP contribution in [0.1, 0.15) is 30.6 Å². The summed E-state index contributed by atoms with van der Waals surface area (Å²) in [5.41, 5.74) is 0.367. The third-order valence-corrected chi connectivity index (χ3v) is 3.37. The number of pyridine rings is 1. The Morgan fingerprint density at radius 3 is 2.82 bits per heavy atom. The Balaban J connectivity index is 2.29. The van der Waals surface area contributed by atoms with Crippen molar-refractivity contribution in [2.45, 2.75) is 20.3 Å². The summed E-state index contributed by atoms with van der Waals surface area (Å²) in [6.07, 6.45) is 2.49. The summed E-state index contributed by atoms with van der Waals surface area (Å²) in [6.45, 7) is 6.18. The van der Waals surface area contributed by atoms with E-state index in [0.717, 1.165) is 19.5 Å². The van der Waals surface area contributed by atoms with Crippen molar-refractivity contribution in [2.75, 3.05) is 18.0 Å². The lowest BCUT2D eigenvalue weighted by Gasteiger charge is -2.20. The lowest BCUT2D eigenvalue weighted by Crippen LogP contribution is -2.23. The summed E-state index contributed by atoms with van der Waals surface area (Å²) in [6, 6.07) is 1.55. The molecule has 0 saturated carbocycles. The highest BCUT2D eigenvalue weighted by Crippen LogP contribution is 2.32. The molecule has 1 aromatic heterocycles. The van der Waals surface area contributed by atoms with E-state index in [-0.39, 0.29) is 16.0 Å². The highest BCUT2D eigenvalue weighted by molar-refractivity contribution is 6.33. The third kappa shape index (κ3) is 2.52. The molecule has 92 valence electrons. The molecule has 5 heteroatoms. The molecule has 0 aliphatic carbocycles. The first-order valence-corrected chi connectivity index (χ1v) is 5.91. The molecule has 1 saturated heterocycles. The van der Waals surface area contributed by atoms with Crippen molar-refractivity contribution < 1.29 is 9.90 Å². The summed E-state index contributed by atoms with van der Waals surface area (Å²) >= 11 is 5.79. The maximum Gasteiger partial charge on any atom is 0.337 e. The standard InChI is InChI=1S/C12H15ClN2O2/c1-12(2)3-4-15(7-12)10-5-8(11(16)17)9(13)6-14-10/h5-6H,3-4,7H2,1-2H3,(H,16,17). The Hall–Kier alpha value is -1.29. The number of rotatable bonds is 2. The average Bonchev–Trinajstić information content (AvgIpc) is 2.59. The fourth-order valence-corrected chi connectivity index (χ4v) is 2.26. The number of carboxylic acids is 1. The molecular weight excluding hydrogens is 240 g/mol. The van der Waals surface area contributed by atoms with Crippen LogP contribution in [0.2, 0.25) is 5.02 Å². The van der Waals surface area contributed by atoms with Crippen molar-refractivity contribution in [3.63, 3.8) is 0 Å². The molecule has 1 aliphatic heterocycles. The Kier molecular flexibility index (Phi) is 3.00. The second kappa shape index (κ2) is 4.18. The molecule has 2 heterocycles. The van der Waals surface area contributed by atoms with Crippen LogP contribution in [0.3, 0.4) is 0 Å². The molecule has 4 nitrogen and oxygen atoms in total. The Morgan fingerprint density at radius 1 is 1.59 bits per heavy atom. The number of carbonyl (C=O) groups is 1. The minimum absolute atomic E-state index is 0.112. The predicted molar refractivity (Wildman–Crippen MR) is 66.8 cm³/mol. The zero-order valence-corrected chi connectivity index (χ0v) is 10.7. The summed E-state index contributed by atoms with van der Waals surface area (Å²) in [5.74, 6) is -0.325. The Bertz CT molecular complexity index is 460. The van der Waals surface area contributed by atoms with Crippen molar-refractivity contribution in [1.29, 1.82) is 0 Å². The molecular formula is C12H15ClN2O2. The number of hydrogen-bond acceptors (Lipinski definition) is 3. The number of halogens is 1. The van der Waals surface area contributed by atoms with Crippen LogP contribution in [0.4, 0.5) is 5.82 Å². The van der Waals surface area contributed by atoms with Crippen LogP contribution in [0.25, 0.3) is 0 Å². The minimum atomic E-state index is -1.02. The minimum Gasteiger partial charge on any atom is -0.478 e. The summed E-state index contributed by atoms with van der Waals surface area (Å²) in [7, 11) is 0. The van der Waals surface area contributed by atoms with Gasteiger partial charge in [-0.1, -0.05) is 25.4 Å². The number of nitrogens with zero attached hydrogens (tertiary/aromatic N) is 2. The van der Waals surface area contributed by atoms with Crippen LogP contribution in [0, 0.1) is 5.41 Å². The van der Waals surface area contributed by atoms with Crippen LogP contribution >= 0.6 is 11.6 Å². The molecule has 0 aromatic carbocycles. The summed E-state index contributed by atoms with van der Waals surface area (Å²) < 4.78 is 0. The van der Waals surface area contributed by atoms with Crippen molar-refractivity contribution in [3.8, 4) is 0 Å². The van der Waals surface area contributed by atoms with Gasteiger partial charge in [-0.3, -0.25) is 0 Å². The molecule has 0 bridgehead atoms. The quantitative estimate of drug-likeness (QED) is 0.882. The van der Waals surface area contributed by atoms with Crippen LogP contribution in [-0.2, 0) is 0 Å². The van der Waals surface area contributed by atoms with E-state index in [0.29, 0.717) is 5.82 Å². The monoisotopic (exact) mass is 254 g/mol. The molecule has 1 aromatic rings. The van der Waals surface area contributed by atoms with Crippen molar-refractivity contribution >= 4 is 23.4 Å². The lowest BCUT2D eigenvalue weighted by atomic mass is 9.93. The highest BCUT2D eigenvalue weighted by atomic mass is 35.5. The Morgan fingerprint density at radius 2 is 2.29 bits per heavy atom. The van der Waals surface area contributed by atoms with Gasteiger partial charge in [0, 0.05) is 19.3 Å². The predicted octanol–water partition coefficient (Wildman–Crippen LogP) is 2.67. The zero-order chi connectivity index (χ0) is 12.6. The lowest BCUT2D eigenvalue weighted by molar-refractivity contribution is 0.0697. The van der Waals surface area contributed by atoms with Crippen LogP contribution < -0.4 is 4.90 Å². The fourth-order valence-electron chi connectivity index (χ4n) is 2.07. The van der Waals surface area contributed by atoms with Gasteiger partial charge in [0.1, 0.15) is 5.82 Å². The van der Waals surface area contributed by atoms with E-state index < -0.39 is 5.97 Å². The van der Waals surface area contributed by atoms with E-state index in [9.17, 15) is 4.79 Å². The SMILES string of the molecule is CC1(C)CCN(c2cc(C(=O)O)c(Cl)cn2)C1. The average molecular weight is 255 g/mol. The van der Waals surface area contributed by atoms with E-state index in [1.807, 2.05) is 0 Å². The molecule has 17 heavy (non-hydrogen) atoms. The maximum atomic E-state index is 11.0. The van der Waals surface area contributed by atoms with Crippen LogP contribution in [0.15, 0.2) is 12.3 Å². The molecule has 0 radical (unpaired) electrons. The fraction of sp³-hybridized carbons (Fsp3) is 0.500. The third-order valence-electron chi connectivity index (χ3n) is 3.07. The van der Waals surface area contributed by atoms with Gasteiger partial charge in [-0.05, 0) is 17.9 Å². The molecule has 1 aliphatic rings. The largest absolute Gasteiger partial charge is 0.478 e. The number of hydrogen-bond donors (Lipinski definition) is 1. The summed E-state index contributed by atoms with van der Waals surface area (Å²) in [5, 5.41) is 9.19. The van der Waals surface area contributed by atoms with Gasteiger partial charge >= 0.3 is 5.97 Å². The van der Waals surface area contributed by atoms with Gasteiger partial charge in [-0.25, -0.2) is 9.78 Å². The molecule has 0 amide bonds. The van der Waals surface area contributed by atoms with Crippen molar-refractivity contribution in [2.24, 2.45) is 5.41 Å². The molecule has 1 fully saturated rings. The zero-order valence-electron chi connectivity index (χ0n) is 9.90. The van der Waals surface area contributed by atoms with Gasteiger partial charge in [0.2, 0.25) is 0 Å². The van der Waals surface area contributed by atoms with E-state index in [1.54, 1.807) is 6.07 Å². The summed E-state index contributed by atoms with van der Waals surface area (Å²) in [4.78, 5) is 17.3. The first-order valence-electron chi connectivity index (χ1n) is 5.53. The number of carboxylic acid groups (broad SMARTS) is 1. The van der Waals surface area contributed by atoms with E-state index in [4.69, 9.17) is 16.7 Å². The molecule has 0 atom stereocenters. The van der Waals surface area contributed by atoms with Crippen LogP contribution in [0.5, 0.6) is 0 Å². The van der Waals surface area contributed by atoms with Crippen molar-refractivity contribution in [3.05, 3.63) is 22.8 Å². The van der Waals surface area contributed by atoms with Gasteiger partial charge in [-0.2, -0.15) is 0 Å². The molecule has 0 unspecified atom stereocenters. The second-order valence-corrected chi connectivity index (χ2v) is 5.57. The topological polar surface area (TPSA) is 53.4 Å². The molecule has 0 spiro atoms. The van der Waals surface area contributed by atoms with Gasteiger partial charge in [0.25, 0.3) is 0 Å². The smallest absolute Gasteiger partial charge is 0.337 e. The van der Waals surface area contributed by atoms with Gasteiger partial charge < -0.3 is 10.0 Å². The van der Waals surface area contributed by atoms with E-state index in [2.05, 4.69) is 23.7 Å². The van der Waals surface area contributed by atoms with Gasteiger partial charge in [0.05, 0.1) is 10.6 Å². The number of anilines is 1. The van der Waals surface area contributed by atoms with Gasteiger partial charge in [-0.15, -0.1) is 0 Å². The van der Waals surface area contributed by atoms with Gasteiger partial charge in [0.15, 0.2) is 0 Å². The normalized spacial score (nSPS) is 18.4. The second-order valence-electron chi connectivity index (χ2n) is 5.16. The van der Waals surface area contributed by atoms with E-state index >= 15 is 0 Å². The maximum absolute atomic E-state index is 11.0. The van der Waals surface area contributed by atoms with Crippen LogP contribution in [-0.4, -0.2) is 29.1 Å². The first-order chi connectivity index (χ1) is 7.89. The first kappa shape index (κ1) is 12.2. The Labute approximate surface area is 105 Å². The highest BCUT2D eigenvalue weighted by Gasteiger charge is 2.30. The van der Waals surface area contributed by atoms with Crippen molar-refractivity contribution in [1.82, 2.24) is 4.98 Å². The molecule has 2 rings (SSSR count). The van der Waals surface area contributed by atoms with E-state index in [1.165, 1.54) is 6.20 Å². The number of aromatic carboxylic acids is 1. The molecule has 1 N–H and O–H groups in total. The number of aromatic nitrogens is 1.